The summed E-state index contributed by atoms with van der Waals surface area (Å²) in [7, 11) is 0. The molecule has 0 atom stereocenters. The molecule has 1 aliphatic rings. The lowest BCUT2D eigenvalue weighted by Gasteiger charge is -2.28. The second-order valence-electron chi connectivity index (χ2n) is 5.47. The smallest absolute Gasteiger partial charge is 0.255 e. The summed E-state index contributed by atoms with van der Waals surface area (Å²) in [6, 6.07) is 15.5. The van der Waals surface area contributed by atoms with Crippen LogP contribution in [0.1, 0.15) is 15.9 Å². The van der Waals surface area contributed by atoms with Crippen LogP contribution >= 0.6 is 0 Å². The lowest BCUT2D eigenvalue weighted by Crippen LogP contribution is -2.36. The quantitative estimate of drug-likeness (QED) is 0.946. The van der Waals surface area contributed by atoms with E-state index in [-0.39, 0.29) is 5.91 Å². The van der Waals surface area contributed by atoms with Gasteiger partial charge in [-0.15, -0.1) is 0 Å². The second-order valence-corrected chi connectivity index (χ2v) is 5.47. The lowest BCUT2D eigenvalue weighted by molar-refractivity contribution is 0.102. The zero-order chi connectivity index (χ0) is 15.4. The minimum Gasteiger partial charge on any atom is -0.378 e. The fraction of sp³-hybridized carbons (Fsp3) is 0.278. The number of morpholine rings is 1. The summed E-state index contributed by atoms with van der Waals surface area (Å²) in [5.74, 6) is -0.0807. The van der Waals surface area contributed by atoms with Crippen LogP contribution in [-0.4, -0.2) is 32.2 Å². The highest BCUT2D eigenvalue weighted by atomic mass is 16.5. The van der Waals surface area contributed by atoms with Gasteiger partial charge in [-0.3, -0.25) is 4.79 Å². The van der Waals surface area contributed by atoms with Crippen LogP contribution in [0.25, 0.3) is 0 Å². The molecule has 1 fully saturated rings. The molecule has 2 aromatic carbocycles. The fourth-order valence-electron chi connectivity index (χ4n) is 2.57. The Morgan fingerprint density at radius 2 is 1.82 bits per heavy atom. The molecule has 1 N–H and O–H groups in total. The van der Waals surface area contributed by atoms with Crippen LogP contribution in [0.2, 0.25) is 0 Å². The van der Waals surface area contributed by atoms with Gasteiger partial charge < -0.3 is 15.0 Å². The van der Waals surface area contributed by atoms with Gasteiger partial charge in [-0.1, -0.05) is 17.7 Å². The van der Waals surface area contributed by atoms with Crippen LogP contribution in [0.3, 0.4) is 0 Å². The Kier molecular flexibility index (Phi) is 4.39. The SMILES string of the molecule is Cc1cccc(C(=O)Nc2ccc(N3CCOCC3)cc2)c1. The third-order valence-electron chi connectivity index (χ3n) is 3.78. The molecule has 0 saturated carbocycles. The molecule has 4 heteroatoms. The highest BCUT2D eigenvalue weighted by Gasteiger charge is 2.11. The molecule has 2 aromatic rings. The largest absolute Gasteiger partial charge is 0.378 e. The molecule has 114 valence electrons. The van der Waals surface area contributed by atoms with Gasteiger partial charge in [-0.05, 0) is 43.3 Å². The molecule has 1 saturated heterocycles. The number of ether oxygens (including phenoxy) is 1. The number of aryl methyl sites for hydroxylation is 1. The first-order chi connectivity index (χ1) is 10.7. The summed E-state index contributed by atoms with van der Waals surface area (Å²) >= 11 is 0. The maximum atomic E-state index is 12.2. The summed E-state index contributed by atoms with van der Waals surface area (Å²) in [5, 5.41) is 2.93. The molecule has 1 heterocycles. The average Bonchev–Trinajstić information content (AvgIpc) is 2.56. The molecule has 22 heavy (non-hydrogen) atoms. The average molecular weight is 296 g/mol. The summed E-state index contributed by atoms with van der Waals surface area (Å²) in [4.78, 5) is 14.5. The van der Waals surface area contributed by atoms with Crippen molar-refractivity contribution >= 4 is 17.3 Å². The van der Waals surface area contributed by atoms with E-state index >= 15 is 0 Å². The minimum absolute atomic E-state index is 0.0807. The third-order valence-corrected chi connectivity index (χ3v) is 3.78. The first-order valence-corrected chi connectivity index (χ1v) is 7.53. The number of hydrogen-bond donors (Lipinski definition) is 1. The van der Waals surface area contributed by atoms with Gasteiger partial charge in [-0.25, -0.2) is 0 Å². The van der Waals surface area contributed by atoms with E-state index in [2.05, 4.69) is 10.2 Å². The van der Waals surface area contributed by atoms with Crippen LogP contribution < -0.4 is 10.2 Å². The molecular weight excluding hydrogens is 276 g/mol. The zero-order valence-electron chi connectivity index (χ0n) is 12.7. The maximum absolute atomic E-state index is 12.2. The number of carbonyl (C=O) groups is 1. The van der Waals surface area contributed by atoms with Crippen LogP contribution in [0.4, 0.5) is 11.4 Å². The minimum atomic E-state index is -0.0807. The highest BCUT2D eigenvalue weighted by Crippen LogP contribution is 2.19. The monoisotopic (exact) mass is 296 g/mol. The van der Waals surface area contributed by atoms with E-state index < -0.39 is 0 Å². The van der Waals surface area contributed by atoms with E-state index in [0.29, 0.717) is 5.56 Å². The number of carbonyl (C=O) groups excluding carboxylic acids is 1. The van der Waals surface area contributed by atoms with E-state index in [1.807, 2.05) is 55.5 Å². The van der Waals surface area contributed by atoms with Crippen LogP contribution in [0.15, 0.2) is 48.5 Å². The summed E-state index contributed by atoms with van der Waals surface area (Å²) in [5.41, 5.74) is 3.73. The number of amides is 1. The Bertz CT molecular complexity index is 646. The van der Waals surface area contributed by atoms with E-state index in [1.54, 1.807) is 0 Å². The number of benzene rings is 2. The van der Waals surface area contributed by atoms with Crippen molar-refractivity contribution in [3.05, 3.63) is 59.7 Å². The van der Waals surface area contributed by atoms with Crippen molar-refractivity contribution in [2.45, 2.75) is 6.92 Å². The van der Waals surface area contributed by atoms with Gasteiger partial charge in [-0.2, -0.15) is 0 Å². The van der Waals surface area contributed by atoms with Crippen molar-refractivity contribution in [1.82, 2.24) is 0 Å². The van der Waals surface area contributed by atoms with Gasteiger partial charge >= 0.3 is 0 Å². The van der Waals surface area contributed by atoms with Crippen LogP contribution in [-0.2, 0) is 4.74 Å². The van der Waals surface area contributed by atoms with Crippen LogP contribution in [0.5, 0.6) is 0 Å². The van der Waals surface area contributed by atoms with Crippen molar-refractivity contribution in [1.29, 1.82) is 0 Å². The van der Waals surface area contributed by atoms with Gasteiger partial charge in [0.1, 0.15) is 0 Å². The Hall–Kier alpha value is -2.33. The molecule has 0 aliphatic carbocycles. The number of anilines is 2. The van der Waals surface area contributed by atoms with E-state index in [9.17, 15) is 4.79 Å². The summed E-state index contributed by atoms with van der Waals surface area (Å²) < 4.78 is 5.36. The predicted octanol–water partition coefficient (Wildman–Crippen LogP) is 3.08. The standard InChI is InChI=1S/C18H20N2O2/c1-14-3-2-4-15(13-14)18(21)19-16-5-7-17(8-6-16)20-9-11-22-12-10-20/h2-8,13H,9-12H2,1H3,(H,19,21). The number of nitrogens with one attached hydrogen (secondary N) is 1. The van der Waals surface area contributed by atoms with Gasteiger partial charge in [0.15, 0.2) is 0 Å². The van der Waals surface area contributed by atoms with E-state index in [0.717, 1.165) is 43.2 Å². The van der Waals surface area contributed by atoms with E-state index in [1.165, 1.54) is 0 Å². The Morgan fingerprint density at radius 1 is 1.09 bits per heavy atom. The predicted molar refractivity (Wildman–Crippen MR) is 88.6 cm³/mol. The topological polar surface area (TPSA) is 41.6 Å². The lowest BCUT2D eigenvalue weighted by atomic mass is 10.1. The second kappa shape index (κ2) is 6.62. The molecule has 0 radical (unpaired) electrons. The molecule has 0 bridgehead atoms. The zero-order valence-corrected chi connectivity index (χ0v) is 12.7. The van der Waals surface area contributed by atoms with Gasteiger partial charge in [0.25, 0.3) is 5.91 Å². The van der Waals surface area contributed by atoms with Crippen molar-refractivity contribution in [3.63, 3.8) is 0 Å². The molecule has 0 spiro atoms. The number of rotatable bonds is 3. The number of hydrogen-bond acceptors (Lipinski definition) is 3. The summed E-state index contributed by atoms with van der Waals surface area (Å²) in [6.45, 7) is 5.34. The molecule has 1 amide bonds. The Balaban J connectivity index is 1.66. The van der Waals surface area contributed by atoms with Crippen molar-refractivity contribution in [2.75, 3.05) is 36.5 Å². The molecule has 0 aromatic heterocycles. The normalized spacial score (nSPS) is 14.7. The number of nitrogens with zero attached hydrogens (tertiary/aromatic N) is 1. The highest BCUT2D eigenvalue weighted by molar-refractivity contribution is 6.04. The first kappa shape index (κ1) is 14.6. The molecule has 1 aliphatic heterocycles. The third kappa shape index (κ3) is 3.46. The molecule has 4 nitrogen and oxygen atoms in total. The van der Waals surface area contributed by atoms with E-state index in [4.69, 9.17) is 4.74 Å². The molecule has 0 unspecified atom stereocenters. The van der Waals surface area contributed by atoms with Gasteiger partial charge in [0.05, 0.1) is 13.2 Å². The van der Waals surface area contributed by atoms with Crippen molar-refractivity contribution in [2.24, 2.45) is 0 Å². The Labute approximate surface area is 130 Å². The fourth-order valence-corrected chi connectivity index (χ4v) is 2.57. The van der Waals surface area contributed by atoms with Crippen molar-refractivity contribution < 1.29 is 9.53 Å². The van der Waals surface area contributed by atoms with Crippen LogP contribution in [0, 0.1) is 6.92 Å². The molecule has 3 rings (SSSR count). The first-order valence-electron chi connectivity index (χ1n) is 7.53. The van der Waals surface area contributed by atoms with Gasteiger partial charge in [0.2, 0.25) is 0 Å². The summed E-state index contributed by atoms with van der Waals surface area (Å²) in [6.07, 6.45) is 0. The Morgan fingerprint density at radius 3 is 2.50 bits per heavy atom. The van der Waals surface area contributed by atoms with Gasteiger partial charge in [0, 0.05) is 30.0 Å². The molecular formula is C18H20N2O2. The maximum Gasteiger partial charge on any atom is 0.255 e. The van der Waals surface area contributed by atoms with Crippen molar-refractivity contribution in [3.8, 4) is 0 Å².